The lowest BCUT2D eigenvalue weighted by molar-refractivity contribution is -0.274. The molecule has 1 rings (SSSR count). The van der Waals surface area contributed by atoms with Gasteiger partial charge in [0.05, 0.1) is 12.3 Å². The smallest absolute Gasteiger partial charge is 0.404 e. The van der Waals surface area contributed by atoms with Crippen LogP contribution in [0, 0.1) is 0 Å². The SMILES string of the molecule is CCOCCNC(=O)Nc1ccccc1OC(F)(F)F. The molecule has 0 spiro atoms. The highest BCUT2D eigenvalue weighted by atomic mass is 19.4. The molecule has 0 saturated heterocycles. The Hall–Kier alpha value is -1.96. The molecule has 0 aliphatic heterocycles. The lowest BCUT2D eigenvalue weighted by atomic mass is 10.3. The van der Waals surface area contributed by atoms with E-state index in [0.717, 1.165) is 6.07 Å². The van der Waals surface area contributed by atoms with Gasteiger partial charge in [-0.3, -0.25) is 0 Å². The van der Waals surface area contributed by atoms with Crippen molar-refractivity contribution in [3.8, 4) is 5.75 Å². The zero-order valence-electron chi connectivity index (χ0n) is 10.8. The lowest BCUT2D eigenvalue weighted by Crippen LogP contribution is -2.32. The average molecular weight is 292 g/mol. The van der Waals surface area contributed by atoms with Gasteiger partial charge in [-0.1, -0.05) is 12.1 Å². The summed E-state index contributed by atoms with van der Waals surface area (Å²) in [5, 5.41) is 4.72. The molecule has 0 atom stereocenters. The molecule has 0 fully saturated rings. The number of hydrogen-bond donors (Lipinski definition) is 2. The van der Waals surface area contributed by atoms with Crippen molar-refractivity contribution in [3.63, 3.8) is 0 Å². The Bertz CT molecular complexity index is 438. The van der Waals surface area contributed by atoms with Gasteiger partial charge in [0.25, 0.3) is 0 Å². The number of anilines is 1. The molecule has 8 heteroatoms. The number of rotatable bonds is 6. The summed E-state index contributed by atoms with van der Waals surface area (Å²) in [5.74, 6) is -0.472. The molecule has 0 radical (unpaired) electrons. The third-order valence-corrected chi connectivity index (χ3v) is 2.10. The van der Waals surface area contributed by atoms with Crippen molar-refractivity contribution in [3.05, 3.63) is 24.3 Å². The fraction of sp³-hybridized carbons (Fsp3) is 0.417. The average Bonchev–Trinajstić information content (AvgIpc) is 2.35. The van der Waals surface area contributed by atoms with Crippen molar-refractivity contribution in [1.82, 2.24) is 5.32 Å². The number of hydrogen-bond acceptors (Lipinski definition) is 3. The number of nitrogens with one attached hydrogen (secondary N) is 2. The zero-order chi connectivity index (χ0) is 15.0. The predicted octanol–water partition coefficient (Wildman–Crippen LogP) is 2.74. The lowest BCUT2D eigenvalue weighted by Gasteiger charge is -2.14. The Labute approximate surface area is 114 Å². The first-order valence-electron chi connectivity index (χ1n) is 5.89. The highest BCUT2D eigenvalue weighted by molar-refractivity contribution is 5.90. The molecule has 0 aliphatic rings. The van der Waals surface area contributed by atoms with Gasteiger partial charge in [-0.05, 0) is 19.1 Å². The number of halogens is 3. The maximum Gasteiger partial charge on any atom is 0.573 e. The van der Waals surface area contributed by atoms with E-state index in [2.05, 4.69) is 15.4 Å². The van der Waals surface area contributed by atoms with Crippen molar-refractivity contribution in [2.45, 2.75) is 13.3 Å². The van der Waals surface area contributed by atoms with E-state index in [1.165, 1.54) is 18.2 Å². The van der Waals surface area contributed by atoms with E-state index in [4.69, 9.17) is 4.74 Å². The molecule has 1 aromatic rings. The summed E-state index contributed by atoms with van der Waals surface area (Å²) < 4.78 is 45.4. The highest BCUT2D eigenvalue weighted by Crippen LogP contribution is 2.29. The van der Waals surface area contributed by atoms with Crippen LogP contribution in [0.2, 0.25) is 0 Å². The molecule has 0 aliphatic carbocycles. The Kier molecular flexibility index (Phi) is 6.10. The Balaban J connectivity index is 2.56. The van der Waals surface area contributed by atoms with E-state index in [-0.39, 0.29) is 12.2 Å². The van der Waals surface area contributed by atoms with Gasteiger partial charge in [0.15, 0.2) is 5.75 Å². The minimum absolute atomic E-state index is 0.0706. The van der Waals surface area contributed by atoms with E-state index >= 15 is 0 Å². The number of ether oxygens (including phenoxy) is 2. The van der Waals surface area contributed by atoms with Crippen LogP contribution >= 0.6 is 0 Å². The van der Waals surface area contributed by atoms with Gasteiger partial charge in [-0.2, -0.15) is 0 Å². The van der Waals surface area contributed by atoms with Crippen molar-refractivity contribution < 1.29 is 27.4 Å². The topological polar surface area (TPSA) is 59.6 Å². The first-order chi connectivity index (χ1) is 9.42. The number of carbonyl (C=O) groups excluding carboxylic acids is 1. The van der Waals surface area contributed by atoms with Crippen LogP contribution < -0.4 is 15.4 Å². The van der Waals surface area contributed by atoms with Crippen LogP contribution in [-0.4, -0.2) is 32.2 Å². The van der Waals surface area contributed by atoms with Crippen LogP contribution in [0.25, 0.3) is 0 Å². The Morgan fingerprint density at radius 3 is 2.65 bits per heavy atom. The minimum atomic E-state index is -4.82. The second kappa shape index (κ2) is 7.59. The Morgan fingerprint density at radius 2 is 2.00 bits per heavy atom. The molecule has 5 nitrogen and oxygen atoms in total. The van der Waals surface area contributed by atoms with Crippen LogP contribution in [0.5, 0.6) is 5.75 Å². The van der Waals surface area contributed by atoms with Crippen molar-refractivity contribution in [2.24, 2.45) is 0 Å². The normalized spacial score (nSPS) is 11.0. The molecule has 0 unspecified atom stereocenters. The quantitative estimate of drug-likeness (QED) is 0.793. The standard InChI is InChI=1S/C12H15F3N2O3/c1-2-19-8-7-16-11(18)17-9-5-3-4-6-10(9)20-12(13,14)15/h3-6H,2,7-8H2,1H3,(H2,16,17,18). The molecule has 0 saturated carbocycles. The molecule has 20 heavy (non-hydrogen) atoms. The van der Waals surface area contributed by atoms with Crippen LogP contribution in [0.4, 0.5) is 23.7 Å². The zero-order valence-corrected chi connectivity index (χ0v) is 10.8. The molecule has 1 aromatic carbocycles. The van der Waals surface area contributed by atoms with Gasteiger partial charge < -0.3 is 20.1 Å². The second-order valence-electron chi connectivity index (χ2n) is 3.62. The van der Waals surface area contributed by atoms with E-state index in [1.54, 1.807) is 0 Å². The molecule has 0 heterocycles. The van der Waals surface area contributed by atoms with Crippen LogP contribution in [0.15, 0.2) is 24.3 Å². The molecule has 0 aromatic heterocycles. The fourth-order valence-electron chi connectivity index (χ4n) is 1.33. The van der Waals surface area contributed by atoms with Gasteiger partial charge >= 0.3 is 12.4 Å². The highest BCUT2D eigenvalue weighted by Gasteiger charge is 2.32. The van der Waals surface area contributed by atoms with E-state index in [1.807, 2.05) is 6.92 Å². The minimum Gasteiger partial charge on any atom is -0.404 e. The number of amides is 2. The van der Waals surface area contributed by atoms with Crippen molar-refractivity contribution in [2.75, 3.05) is 25.1 Å². The van der Waals surface area contributed by atoms with Gasteiger partial charge in [0.1, 0.15) is 0 Å². The largest absolute Gasteiger partial charge is 0.573 e. The first-order valence-corrected chi connectivity index (χ1v) is 5.89. The molecular weight excluding hydrogens is 277 g/mol. The molecule has 0 bridgehead atoms. The van der Waals surface area contributed by atoms with Gasteiger partial charge in [0.2, 0.25) is 0 Å². The summed E-state index contributed by atoms with van der Waals surface area (Å²) in [6.07, 6.45) is -4.82. The van der Waals surface area contributed by atoms with Crippen LogP contribution in [-0.2, 0) is 4.74 Å². The van der Waals surface area contributed by atoms with Crippen LogP contribution in [0.1, 0.15) is 6.92 Å². The van der Waals surface area contributed by atoms with E-state index in [0.29, 0.717) is 13.2 Å². The maximum atomic E-state index is 12.2. The van der Waals surface area contributed by atoms with E-state index in [9.17, 15) is 18.0 Å². The van der Waals surface area contributed by atoms with Crippen LogP contribution in [0.3, 0.4) is 0 Å². The monoisotopic (exact) mass is 292 g/mol. The van der Waals surface area contributed by atoms with Gasteiger partial charge in [-0.25, -0.2) is 4.79 Å². The summed E-state index contributed by atoms with van der Waals surface area (Å²) in [7, 11) is 0. The summed E-state index contributed by atoms with van der Waals surface area (Å²) in [4.78, 5) is 11.5. The third-order valence-electron chi connectivity index (χ3n) is 2.10. The summed E-state index contributed by atoms with van der Waals surface area (Å²) in [6, 6.07) is 4.65. The number of urea groups is 1. The second-order valence-corrected chi connectivity index (χ2v) is 3.62. The first kappa shape index (κ1) is 16.1. The summed E-state index contributed by atoms with van der Waals surface area (Å²) >= 11 is 0. The molecule has 2 amide bonds. The summed E-state index contributed by atoms with van der Waals surface area (Å²) in [6.45, 7) is 2.91. The van der Waals surface area contributed by atoms with Gasteiger partial charge in [0, 0.05) is 13.2 Å². The molecular formula is C12H15F3N2O3. The predicted molar refractivity (Wildman–Crippen MR) is 66.6 cm³/mol. The third kappa shape index (κ3) is 6.28. The molecule has 2 N–H and O–H groups in total. The van der Waals surface area contributed by atoms with Crippen molar-refractivity contribution in [1.29, 1.82) is 0 Å². The van der Waals surface area contributed by atoms with Crippen molar-refractivity contribution >= 4 is 11.7 Å². The number of carbonyl (C=O) groups is 1. The maximum absolute atomic E-state index is 12.2. The van der Waals surface area contributed by atoms with Gasteiger partial charge in [-0.15, -0.1) is 13.2 Å². The molecule has 112 valence electrons. The fourth-order valence-corrected chi connectivity index (χ4v) is 1.33. The number of para-hydroxylation sites is 2. The number of benzene rings is 1. The summed E-state index contributed by atoms with van der Waals surface area (Å²) in [5.41, 5.74) is -0.0706. The van der Waals surface area contributed by atoms with E-state index < -0.39 is 18.1 Å². The number of alkyl halides is 3. The Morgan fingerprint density at radius 1 is 1.30 bits per heavy atom.